The molecule has 1 unspecified atom stereocenters. The lowest BCUT2D eigenvalue weighted by Crippen LogP contribution is -2.37. The van der Waals surface area contributed by atoms with E-state index < -0.39 is 0 Å². The molecule has 0 radical (unpaired) electrons. The summed E-state index contributed by atoms with van der Waals surface area (Å²) in [5.74, 6) is 5.03. The number of rotatable bonds is 5. The maximum Gasteiger partial charge on any atom is 0.247 e. The molecule has 0 aliphatic rings. The Morgan fingerprint density at radius 3 is 3.07 bits per heavy atom. The average molecular weight is 230 g/mol. The summed E-state index contributed by atoms with van der Waals surface area (Å²) in [6.45, 7) is 2.06. The first kappa shape index (κ1) is 11.6. The van der Waals surface area contributed by atoms with Gasteiger partial charge in [0.1, 0.15) is 0 Å². The van der Waals surface area contributed by atoms with E-state index in [0.717, 1.165) is 17.1 Å². The monoisotopic (exact) mass is 230 g/mol. The molecule has 0 spiro atoms. The van der Waals surface area contributed by atoms with E-state index in [1.807, 2.05) is 17.5 Å². The number of hydrogen-bond donors (Lipinski definition) is 2. The molecule has 78 valence electrons. The lowest BCUT2D eigenvalue weighted by Gasteiger charge is -2.12. The second-order valence-electron chi connectivity index (χ2n) is 2.84. The van der Waals surface area contributed by atoms with E-state index in [9.17, 15) is 4.79 Å². The van der Waals surface area contributed by atoms with Crippen LogP contribution in [0.5, 0.6) is 0 Å². The van der Waals surface area contributed by atoms with E-state index in [1.165, 1.54) is 0 Å². The summed E-state index contributed by atoms with van der Waals surface area (Å²) < 4.78 is 1.16. The van der Waals surface area contributed by atoms with Gasteiger partial charge in [-0.05, 0) is 17.9 Å². The number of carbonyl (C=O) groups is 1. The van der Waals surface area contributed by atoms with Crippen molar-refractivity contribution in [2.45, 2.75) is 29.2 Å². The maximum absolute atomic E-state index is 11.4. The zero-order valence-corrected chi connectivity index (χ0v) is 9.66. The number of thiophene rings is 1. The highest BCUT2D eigenvalue weighted by Crippen LogP contribution is 2.29. The molecule has 0 aliphatic heterocycles. The van der Waals surface area contributed by atoms with Crippen LogP contribution in [0.15, 0.2) is 21.7 Å². The molecule has 1 heterocycles. The Bertz CT molecular complexity index is 274. The van der Waals surface area contributed by atoms with E-state index >= 15 is 0 Å². The standard InChI is InChI=1S/C9H14N2OS2/c1-2-4-7(9(12)11-10)14-8-5-3-6-13-8/h3,5-7H,2,4,10H2,1H3,(H,11,12). The lowest BCUT2D eigenvalue weighted by atomic mass is 10.2. The van der Waals surface area contributed by atoms with Crippen molar-refractivity contribution in [3.63, 3.8) is 0 Å². The average Bonchev–Trinajstić information content (AvgIpc) is 2.68. The summed E-state index contributed by atoms with van der Waals surface area (Å²) in [7, 11) is 0. The van der Waals surface area contributed by atoms with Crippen LogP contribution in [0, 0.1) is 0 Å². The van der Waals surface area contributed by atoms with Crippen LogP contribution in [-0.2, 0) is 4.79 Å². The number of thioether (sulfide) groups is 1. The van der Waals surface area contributed by atoms with Crippen LogP contribution in [0.2, 0.25) is 0 Å². The Kier molecular flexibility index (Phi) is 5.00. The molecule has 1 rings (SSSR count). The molecule has 5 heteroatoms. The Morgan fingerprint density at radius 1 is 1.79 bits per heavy atom. The smallest absolute Gasteiger partial charge is 0.247 e. The minimum atomic E-state index is -0.0924. The highest BCUT2D eigenvalue weighted by Gasteiger charge is 2.17. The maximum atomic E-state index is 11.4. The van der Waals surface area contributed by atoms with Gasteiger partial charge in [-0.25, -0.2) is 5.84 Å². The van der Waals surface area contributed by atoms with Gasteiger partial charge >= 0.3 is 0 Å². The SMILES string of the molecule is CCCC(Sc1cccs1)C(=O)NN. The minimum Gasteiger partial charge on any atom is -0.293 e. The molecule has 1 amide bonds. The summed E-state index contributed by atoms with van der Waals surface area (Å²) in [6, 6.07) is 4.00. The molecule has 3 N–H and O–H groups in total. The number of hydrogen-bond acceptors (Lipinski definition) is 4. The quantitative estimate of drug-likeness (QED) is 0.352. The highest BCUT2D eigenvalue weighted by atomic mass is 32.2. The molecule has 1 aromatic heterocycles. The molecule has 3 nitrogen and oxygen atoms in total. The van der Waals surface area contributed by atoms with Crippen molar-refractivity contribution in [2.75, 3.05) is 0 Å². The van der Waals surface area contributed by atoms with Crippen molar-refractivity contribution < 1.29 is 4.79 Å². The van der Waals surface area contributed by atoms with Gasteiger partial charge in [0, 0.05) is 0 Å². The van der Waals surface area contributed by atoms with E-state index in [4.69, 9.17) is 5.84 Å². The number of nitrogens with one attached hydrogen (secondary N) is 1. The highest BCUT2D eigenvalue weighted by molar-refractivity contribution is 8.02. The fourth-order valence-electron chi connectivity index (χ4n) is 1.07. The summed E-state index contributed by atoms with van der Waals surface area (Å²) >= 11 is 3.23. The van der Waals surface area contributed by atoms with Gasteiger partial charge < -0.3 is 0 Å². The minimum absolute atomic E-state index is 0.0661. The van der Waals surface area contributed by atoms with Crippen molar-refractivity contribution in [3.8, 4) is 0 Å². The first-order valence-corrected chi connectivity index (χ1v) is 6.24. The molecule has 0 saturated heterocycles. The van der Waals surface area contributed by atoms with Crippen molar-refractivity contribution in [1.29, 1.82) is 0 Å². The Labute approximate surface area is 92.0 Å². The normalized spacial score (nSPS) is 12.4. The largest absolute Gasteiger partial charge is 0.293 e. The summed E-state index contributed by atoms with van der Waals surface area (Å²) in [5, 5.41) is 1.94. The van der Waals surface area contributed by atoms with Gasteiger partial charge in [0.15, 0.2) is 0 Å². The Hall–Kier alpha value is -0.520. The van der Waals surface area contributed by atoms with Gasteiger partial charge in [0.05, 0.1) is 9.46 Å². The molecule has 0 aliphatic carbocycles. The summed E-state index contributed by atoms with van der Waals surface area (Å²) in [5.41, 5.74) is 2.21. The van der Waals surface area contributed by atoms with Crippen LogP contribution < -0.4 is 11.3 Å². The van der Waals surface area contributed by atoms with Crippen LogP contribution in [0.25, 0.3) is 0 Å². The predicted octanol–water partition coefficient (Wildman–Crippen LogP) is 2.00. The lowest BCUT2D eigenvalue weighted by molar-refractivity contribution is -0.120. The number of hydrazine groups is 1. The van der Waals surface area contributed by atoms with Crippen LogP contribution in [0.1, 0.15) is 19.8 Å². The molecule has 1 atom stereocenters. The van der Waals surface area contributed by atoms with Crippen molar-refractivity contribution in [2.24, 2.45) is 5.84 Å². The van der Waals surface area contributed by atoms with Crippen LogP contribution in [0.4, 0.5) is 0 Å². The molecule has 0 saturated carbocycles. The van der Waals surface area contributed by atoms with Crippen molar-refractivity contribution in [1.82, 2.24) is 5.43 Å². The van der Waals surface area contributed by atoms with Gasteiger partial charge in [-0.15, -0.1) is 23.1 Å². The first-order valence-electron chi connectivity index (χ1n) is 4.48. The predicted molar refractivity (Wildman–Crippen MR) is 61.2 cm³/mol. The third-order valence-electron chi connectivity index (χ3n) is 1.74. The van der Waals surface area contributed by atoms with E-state index in [0.29, 0.717) is 0 Å². The third kappa shape index (κ3) is 3.32. The first-order chi connectivity index (χ1) is 6.77. The van der Waals surface area contributed by atoms with E-state index in [-0.39, 0.29) is 11.2 Å². The summed E-state index contributed by atoms with van der Waals surface area (Å²) in [6.07, 6.45) is 1.84. The molecule has 0 aromatic carbocycles. The summed E-state index contributed by atoms with van der Waals surface area (Å²) in [4.78, 5) is 11.4. The van der Waals surface area contributed by atoms with Gasteiger partial charge in [-0.3, -0.25) is 10.2 Å². The Morgan fingerprint density at radius 2 is 2.57 bits per heavy atom. The third-order valence-corrected chi connectivity index (χ3v) is 4.08. The second kappa shape index (κ2) is 6.06. The van der Waals surface area contributed by atoms with Gasteiger partial charge in [0.25, 0.3) is 0 Å². The van der Waals surface area contributed by atoms with Crippen LogP contribution in [0.3, 0.4) is 0 Å². The van der Waals surface area contributed by atoms with E-state index in [1.54, 1.807) is 23.1 Å². The number of amides is 1. The van der Waals surface area contributed by atoms with Gasteiger partial charge in [0.2, 0.25) is 5.91 Å². The van der Waals surface area contributed by atoms with Crippen LogP contribution >= 0.6 is 23.1 Å². The number of carbonyl (C=O) groups excluding carboxylic acids is 1. The molecule has 0 bridgehead atoms. The fourth-order valence-corrected chi connectivity index (χ4v) is 3.22. The molecule has 1 aromatic rings. The second-order valence-corrected chi connectivity index (χ2v) is 5.29. The zero-order chi connectivity index (χ0) is 10.4. The molecule has 0 fully saturated rings. The van der Waals surface area contributed by atoms with Crippen molar-refractivity contribution >= 4 is 29.0 Å². The number of nitrogens with two attached hydrogens (primary N) is 1. The van der Waals surface area contributed by atoms with Gasteiger partial charge in [-0.1, -0.05) is 19.4 Å². The zero-order valence-electron chi connectivity index (χ0n) is 8.03. The van der Waals surface area contributed by atoms with Crippen molar-refractivity contribution in [3.05, 3.63) is 17.5 Å². The molecule has 14 heavy (non-hydrogen) atoms. The molecular formula is C9H14N2OS2. The fraction of sp³-hybridized carbons (Fsp3) is 0.444. The topological polar surface area (TPSA) is 55.1 Å². The van der Waals surface area contributed by atoms with Gasteiger partial charge in [-0.2, -0.15) is 0 Å². The molecular weight excluding hydrogens is 216 g/mol. The van der Waals surface area contributed by atoms with Crippen LogP contribution in [-0.4, -0.2) is 11.2 Å². The van der Waals surface area contributed by atoms with E-state index in [2.05, 4.69) is 12.3 Å². The Balaban J connectivity index is 2.55.